The molecule has 0 fully saturated rings. The molecular weight excluding hydrogens is 280 g/mol. The summed E-state index contributed by atoms with van der Waals surface area (Å²) in [4.78, 5) is 23.7. The monoisotopic (exact) mass is 306 g/mol. The first-order chi connectivity index (χ1) is 10.4. The average molecular weight is 306 g/mol. The van der Waals surface area contributed by atoms with Crippen molar-refractivity contribution in [3.8, 4) is 0 Å². The number of esters is 1. The van der Waals surface area contributed by atoms with E-state index in [0.29, 0.717) is 12.3 Å². The molecule has 4 nitrogen and oxygen atoms in total. The van der Waals surface area contributed by atoms with E-state index in [9.17, 15) is 14.7 Å². The SMILES string of the molecule is CCOC(=O)c1ccc(CC)c(CCCC(C)C)c1C(=O)O. The summed E-state index contributed by atoms with van der Waals surface area (Å²) in [5.41, 5.74) is 2.04. The van der Waals surface area contributed by atoms with Crippen LogP contribution >= 0.6 is 0 Å². The molecule has 0 aliphatic rings. The molecule has 1 aromatic carbocycles. The molecular formula is C18H26O4. The summed E-state index contributed by atoms with van der Waals surface area (Å²) >= 11 is 0. The second-order valence-corrected chi connectivity index (χ2v) is 5.79. The van der Waals surface area contributed by atoms with Crippen LogP contribution < -0.4 is 0 Å². The summed E-state index contributed by atoms with van der Waals surface area (Å²) in [6.45, 7) is 8.23. The van der Waals surface area contributed by atoms with E-state index in [4.69, 9.17) is 4.74 Å². The van der Waals surface area contributed by atoms with E-state index in [1.54, 1.807) is 13.0 Å². The third-order valence-corrected chi connectivity index (χ3v) is 3.71. The lowest BCUT2D eigenvalue weighted by atomic mass is 9.90. The van der Waals surface area contributed by atoms with Gasteiger partial charge in [-0.3, -0.25) is 0 Å². The summed E-state index contributed by atoms with van der Waals surface area (Å²) in [6, 6.07) is 3.43. The van der Waals surface area contributed by atoms with Crippen molar-refractivity contribution in [1.29, 1.82) is 0 Å². The van der Waals surface area contributed by atoms with Crippen LogP contribution in [-0.2, 0) is 17.6 Å². The van der Waals surface area contributed by atoms with Crippen molar-refractivity contribution >= 4 is 11.9 Å². The highest BCUT2D eigenvalue weighted by Gasteiger charge is 2.23. The van der Waals surface area contributed by atoms with Gasteiger partial charge in [-0.25, -0.2) is 9.59 Å². The second kappa shape index (κ2) is 8.57. The van der Waals surface area contributed by atoms with E-state index in [-0.39, 0.29) is 17.7 Å². The molecule has 0 aromatic heterocycles. The predicted octanol–water partition coefficient (Wildman–Crippen LogP) is 4.10. The van der Waals surface area contributed by atoms with Crippen molar-refractivity contribution in [1.82, 2.24) is 0 Å². The zero-order chi connectivity index (χ0) is 16.7. The van der Waals surface area contributed by atoms with Gasteiger partial charge in [0.15, 0.2) is 0 Å². The quantitative estimate of drug-likeness (QED) is 0.734. The predicted molar refractivity (Wildman–Crippen MR) is 86.5 cm³/mol. The van der Waals surface area contributed by atoms with E-state index in [1.165, 1.54) is 0 Å². The van der Waals surface area contributed by atoms with Crippen LogP contribution in [-0.4, -0.2) is 23.7 Å². The molecule has 0 atom stereocenters. The number of carbonyl (C=O) groups is 2. The van der Waals surface area contributed by atoms with Crippen molar-refractivity contribution < 1.29 is 19.4 Å². The third-order valence-electron chi connectivity index (χ3n) is 3.71. The Morgan fingerprint density at radius 2 is 1.91 bits per heavy atom. The Balaban J connectivity index is 3.26. The van der Waals surface area contributed by atoms with Gasteiger partial charge >= 0.3 is 11.9 Å². The summed E-state index contributed by atoms with van der Waals surface area (Å²) < 4.78 is 4.99. The molecule has 1 N–H and O–H groups in total. The molecule has 1 aromatic rings. The zero-order valence-electron chi connectivity index (χ0n) is 13.9. The van der Waals surface area contributed by atoms with Gasteiger partial charge in [0.1, 0.15) is 0 Å². The number of benzene rings is 1. The highest BCUT2D eigenvalue weighted by molar-refractivity contribution is 6.03. The highest BCUT2D eigenvalue weighted by atomic mass is 16.5. The molecule has 4 heteroatoms. The smallest absolute Gasteiger partial charge is 0.339 e. The molecule has 0 bridgehead atoms. The van der Waals surface area contributed by atoms with Gasteiger partial charge in [0.05, 0.1) is 17.7 Å². The molecule has 122 valence electrons. The van der Waals surface area contributed by atoms with Crippen LogP contribution in [0.25, 0.3) is 0 Å². The van der Waals surface area contributed by atoms with Crippen molar-refractivity contribution in [3.05, 3.63) is 34.4 Å². The van der Waals surface area contributed by atoms with Gasteiger partial charge in [0.2, 0.25) is 0 Å². The van der Waals surface area contributed by atoms with Crippen LogP contribution in [0.3, 0.4) is 0 Å². The summed E-state index contributed by atoms with van der Waals surface area (Å²) in [5.74, 6) is -1.04. The first-order valence-corrected chi connectivity index (χ1v) is 7.97. The van der Waals surface area contributed by atoms with Crippen molar-refractivity contribution in [2.24, 2.45) is 5.92 Å². The molecule has 0 amide bonds. The Morgan fingerprint density at radius 3 is 2.41 bits per heavy atom. The van der Waals surface area contributed by atoms with Gasteiger partial charge in [0, 0.05) is 0 Å². The lowest BCUT2D eigenvalue weighted by Crippen LogP contribution is -2.16. The second-order valence-electron chi connectivity index (χ2n) is 5.79. The molecule has 0 saturated carbocycles. The first-order valence-electron chi connectivity index (χ1n) is 7.97. The van der Waals surface area contributed by atoms with Crippen LogP contribution in [0.1, 0.15) is 72.4 Å². The van der Waals surface area contributed by atoms with Gasteiger partial charge < -0.3 is 9.84 Å². The fraction of sp³-hybridized carbons (Fsp3) is 0.556. The van der Waals surface area contributed by atoms with Gasteiger partial charge in [-0.2, -0.15) is 0 Å². The number of rotatable bonds is 8. The van der Waals surface area contributed by atoms with Crippen LogP contribution in [0.15, 0.2) is 12.1 Å². The number of aromatic carboxylic acids is 1. The lowest BCUT2D eigenvalue weighted by Gasteiger charge is -2.15. The first kappa shape index (κ1) is 18.2. The Hall–Kier alpha value is -1.84. The molecule has 0 aliphatic carbocycles. The minimum absolute atomic E-state index is 0.113. The number of carboxylic acid groups (broad SMARTS) is 1. The van der Waals surface area contributed by atoms with E-state index in [0.717, 1.165) is 30.4 Å². The van der Waals surface area contributed by atoms with Crippen LogP contribution in [0.5, 0.6) is 0 Å². The van der Waals surface area contributed by atoms with E-state index >= 15 is 0 Å². The average Bonchev–Trinajstić information content (AvgIpc) is 2.46. The molecule has 0 spiro atoms. The molecule has 0 aliphatic heterocycles. The van der Waals surface area contributed by atoms with Gasteiger partial charge in [0.25, 0.3) is 0 Å². The highest BCUT2D eigenvalue weighted by Crippen LogP contribution is 2.24. The standard InChI is InChI=1S/C18H26O4/c1-5-13-10-11-15(18(21)22-6-2)16(17(19)20)14(13)9-7-8-12(3)4/h10-12H,5-9H2,1-4H3,(H,19,20). The van der Waals surface area contributed by atoms with E-state index in [1.807, 2.05) is 13.0 Å². The van der Waals surface area contributed by atoms with E-state index < -0.39 is 11.9 Å². The molecule has 0 unspecified atom stereocenters. The van der Waals surface area contributed by atoms with Crippen LogP contribution in [0.2, 0.25) is 0 Å². The number of ether oxygens (including phenoxy) is 1. The lowest BCUT2D eigenvalue weighted by molar-refractivity contribution is 0.0514. The third kappa shape index (κ3) is 4.58. The van der Waals surface area contributed by atoms with Gasteiger partial charge in [-0.15, -0.1) is 0 Å². The maximum absolute atomic E-state index is 12.0. The molecule has 0 radical (unpaired) electrons. The summed E-state index contributed by atoms with van der Waals surface area (Å²) in [7, 11) is 0. The van der Waals surface area contributed by atoms with Crippen molar-refractivity contribution in [2.75, 3.05) is 6.61 Å². The number of aryl methyl sites for hydroxylation is 1. The van der Waals surface area contributed by atoms with Gasteiger partial charge in [-0.05, 0) is 49.3 Å². The fourth-order valence-electron chi connectivity index (χ4n) is 2.62. The number of carboxylic acids is 1. The maximum Gasteiger partial charge on any atom is 0.339 e. The summed E-state index contributed by atoms with van der Waals surface area (Å²) in [6.07, 6.45) is 3.37. The van der Waals surface area contributed by atoms with Crippen molar-refractivity contribution in [2.45, 2.75) is 53.4 Å². The Kier molecular flexibility index (Phi) is 7.09. The van der Waals surface area contributed by atoms with E-state index in [2.05, 4.69) is 13.8 Å². The summed E-state index contributed by atoms with van der Waals surface area (Å²) in [5, 5.41) is 9.58. The number of hydrogen-bond donors (Lipinski definition) is 1. The normalized spacial score (nSPS) is 10.8. The maximum atomic E-state index is 12.0. The zero-order valence-corrected chi connectivity index (χ0v) is 13.9. The van der Waals surface area contributed by atoms with Crippen LogP contribution in [0.4, 0.5) is 0 Å². The molecule has 0 saturated heterocycles. The Labute approximate surface area is 132 Å². The molecule has 22 heavy (non-hydrogen) atoms. The topological polar surface area (TPSA) is 63.6 Å². The van der Waals surface area contributed by atoms with Crippen molar-refractivity contribution in [3.63, 3.8) is 0 Å². The minimum Gasteiger partial charge on any atom is -0.478 e. The fourth-order valence-corrected chi connectivity index (χ4v) is 2.62. The molecule has 0 heterocycles. The minimum atomic E-state index is -1.06. The largest absolute Gasteiger partial charge is 0.478 e. The Morgan fingerprint density at radius 1 is 1.23 bits per heavy atom. The van der Waals surface area contributed by atoms with Crippen LogP contribution in [0, 0.1) is 5.92 Å². The number of hydrogen-bond acceptors (Lipinski definition) is 3. The molecule has 1 rings (SSSR count). The Bertz CT molecular complexity index is 532. The number of carbonyl (C=O) groups excluding carboxylic acids is 1. The van der Waals surface area contributed by atoms with Gasteiger partial charge in [-0.1, -0.05) is 33.3 Å².